The number of Topliss-reactive ketones (excluding diaryl/α,β-unsaturated/α-hetero) is 1. The zero-order chi connectivity index (χ0) is 18.7. The fourth-order valence-electron chi connectivity index (χ4n) is 3.10. The summed E-state index contributed by atoms with van der Waals surface area (Å²) >= 11 is 0. The molecule has 0 spiro atoms. The summed E-state index contributed by atoms with van der Waals surface area (Å²) in [7, 11) is 0. The minimum absolute atomic E-state index is 0.0889. The zero-order valence-corrected chi connectivity index (χ0v) is 15.3. The van der Waals surface area contributed by atoms with Crippen molar-refractivity contribution in [1.82, 2.24) is 9.55 Å². The maximum absolute atomic E-state index is 12.7. The number of hydrogen-bond acceptors (Lipinski definition) is 3. The summed E-state index contributed by atoms with van der Waals surface area (Å²) < 4.78 is 1.66. The summed E-state index contributed by atoms with van der Waals surface area (Å²) in [5.74, 6) is 0.747. The molecule has 3 rings (SSSR count). The van der Waals surface area contributed by atoms with E-state index in [1.807, 2.05) is 62.4 Å². The highest BCUT2D eigenvalue weighted by Gasteiger charge is 2.12. The number of hydrogen-bond donors (Lipinski definition) is 0. The Bertz CT molecular complexity index is 1000. The van der Waals surface area contributed by atoms with Crippen LogP contribution in [0.2, 0.25) is 0 Å². The van der Waals surface area contributed by atoms with E-state index in [2.05, 4.69) is 4.98 Å². The van der Waals surface area contributed by atoms with Gasteiger partial charge in [0.05, 0.1) is 12.2 Å². The molecule has 0 atom stereocenters. The van der Waals surface area contributed by atoms with E-state index < -0.39 is 0 Å². The first kappa shape index (κ1) is 17.8. The predicted octanol–water partition coefficient (Wildman–Crippen LogP) is 3.71. The Morgan fingerprint density at radius 1 is 1.04 bits per heavy atom. The van der Waals surface area contributed by atoms with Crippen molar-refractivity contribution < 1.29 is 4.79 Å². The van der Waals surface area contributed by atoms with Crippen molar-refractivity contribution in [2.75, 3.05) is 0 Å². The van der Waals surface area contributed by atoms with Crippen molar-refractivity contribution in [3.63, 3.8) is 0 Å². The maximum atomic E-state index is 12.7. The second-order valence-corrected chi connectivity index (χ2v) is 6.64. The van der Waals surface area contributed by atoms with E-state index in [1.54, 1.807) is 17.6 Å². The van der Waals surface area contributed by atoms with Gasteiger partial charge in [-0.3, -0.25) is 14.2 Å². The standard InChI is InChI=1S/C22H22N2O2/c1-15-9-10-20(19(11-15)12-16(2)25)21-13-22(26)24(17(3)23-21)14-18-7-5-4-6-8-18/h4-11,13H,12,14H2,1-3H3. The van der Waals surface area contributed by atoms with Crippen molar-refractivity contribution >= 4 is 5.78 Å². The van der Waals surface area contributed by atoms with E-state index in [0.717, 1.165) is 22.3 Å². The van der Waals surface area contributed by atoms with Gasteiger partial charge in [0.15, 0.2) is 0 Å². The van der Waals surface area contributed by atoms with Crippen molar-refractivity contribution in [2.45, 2.75) is 33.7 Å². The molecule has 0 amide bonds. The van der Waals surface area contributed by atoms with Gasteiger partial charge in [-0.05, 0) is 31.9 Å². The highest BCUT2D eigenvalue weighted by molar-refractivity contribution is 5.81. The Balaban J connectivity index is 2.03. The molecular formula is C22H22N2O2. The number of nitrogens with zero attached hydrogens (tertiary/aromatic N) is 2. The van der Waals surface area contributed by atoms with Gasteiger partial charge in [0.2, 0.25) is 0 Å². The van der Waals surface area contributed by atoms with Gasteiger partial charge in [0.25, 0.3) is 5.56 Å². The number of benzene rings is 2. The quantitative estimate of drug-likeness (QED) is 0.708. The van der Waals surface area contributed by atoms with Crippen LogP contribution in [0.3, 0.4) is 0 Å². The fraction of sp³-hybridized carbons (Fsp3) is 0.227. The summed E-state index contributed by atoms with van der Waals surface area (Å²) in [6.45, 7) is 5.90. The van der Waals surface area contributed by atoms with Gasteiger partial charge < -0.3 is 0 Å². The second-order valence-electron chi connectivity index (χ2n) is 6.64. The molecule has 0 aliphatic heterocycles. The van der Waals surface area contributed by atoms with Gasteiger partial charge in [-0.1, -0.05) is 54.1 Å². The van der Waals surface area contributed by atoms with Gasteiger partial charge in [0.1, 0.15) is 11.6 Å². The topological polar surface area (TPSA) is 52.0 Å². The molecule has 4 heteroatoms. The largest absolute Gasteiger partial charge is 0.300 e. The Morgan fingerprint density at radius 2 is 1.77 bits per heavy atom. The van der Waals surface area contributed by atoms with Crippen LogP contribution in [0.25, 0.3) is 11.3 Å². The van der Waals surface area contributed by atoms with Crippen LogP contribution in [0.15, 0.2) is 59.4 Å². The van der Waals surface area contributed by atoms with E-state index in [9.17, 15) is 9.59 Å². The lowest BCUT2D eigenvalue weighted by molar-refractivity contribution is -0.116. The first-order valence-corrected chi connectivity index (χ1v) is 8.66. The van der Waals surface area contributed by atoms with E-state index in [-0.39, 0.29) is 11.3 Å². The average Bonchev–Trinajstić information content (AvgIpc) is 2.58. The first-order chi connectivity index (χ1) is 12.4. The van der Waals surface area contributed by atoms with Crippen molar-refractivity contribution in [1.29, 1.82) is 0 Å². The lowest BCUT2D eigenvalue weighted by Gasteiger charge is -2.13. The minimum Gasteiger partial charge on any atom is -0.300 e. The first-order valence-electron chi connectivity index (χ1n) is 8.66. The van der Waals surface area contributed by atoms with Crippen molar-refractivity contribution in [3.8, 4) is 11.3 Å². The Morgan fingerprint density at radius 3 is 2.42 bits per heavy atom. The van der Waals surface area contributed by atoms with Crippen molar-refractivity contribution in [3.05, 3.63) is 87.5 Å². The molecule has 4 nitrogen and oxygen atoms in total. The molecule has 0 aliphatic carbocycles. The number of rotatable bonds is 5. The van der Waals surface area contributed by atoms with Crippen LogP contribution < -0.4 is 5.56 Å². The molecule has 0 fully saturated rings. The summed E-state index contributed by atoms with van der Waals surface area (Å²) in [4.78, 5) is 29.0. The summed E-state index contributed by atoms with van der Waals surface area (Å²) in [6.07, 6.45) is 0.338. The van der Waals surface area contributed by atoms with Gasteiger partial charge in [-0.25, -0.2) is 4.98 Å². The molecule has 1 heterocycles. The molecule has 0 radical (unpaired) electrons. The normalized spacial score (nSPS) is 10.7. The van der Waals surface area contributed by atoms with Crippen LogP contribution in [0.4, 0.5) is 0 Å². The van der Waals surface area contributed by atoms with Crippen LogP contribution in [0.5, 0.6) is 0 Å². The SMILES string of the molecule is CC(=O)Cc1cc(C)ccc1-c1cc(=O)n(Cc2ccccc2)c(C)n1. The molecule has 0 N–H and O–H groups in total. The summed E-state index contributed by atoms with van der Waals surface area (Å²) in [5.41, 5.74) is 4.42. The Labute approximate surface area is 153 Å². The molecule has 132 valence electrons. The monoisotopic (exact) mass is 346 g/mol. The number of aromatic nitrogens is 2. The lowest BCUT2D eigenvalue weighted by Crippen LogP contribution is -2.24. The zero-order valence-electron chi connectivity index (χ0n) is 15.3. The minimum atomic E-state index is -0.0919. The third kappa shape index (κ3) is 3.97. The molecule has 1 aromatic heterocycles. The van der Waals surface area contributed by atoms with Gasteiger partial charge in [-0.15, -0.1) is 0 Å². The Hall–Kier alpha value is -3.01. The highest BCUT2D eigenvalue weighted by Crippen LogP contribution is 2.23. The molecule has 0 saturated heterocycles. The van der Waals surface area contributed by atoms with E-state index in [1.165, 1.54) is 0 Å². The third-order valence-electron chi connectivity index (χ3n) is 4.36. The number of carbonyl (C=O) groups is 1. The average molecular weight is 346 g/mol. The van der Waals surface area contributed by atoms with Crippen LogP contribution >= 0.6 is 0 Å². The molecule has 0 unspecified atom stereocenters. The van der Waals surface area contributed by atoms with Gasteiger partial charge >= 0.3 is 0 Å². The molecule has 0 bridgehead atoms. The molecule has 0 aliphatic rings. The van der Waals surface area contributed by atoms with Crippen molar-refractivity contribution in [2.24, 2.45) is 0 Å². The van der Waals surface area contributed by atoms with Crippen LogP contribution in [0, 0.1) is 13.8 Å². The number of ketones is 1. The van der Waals surface area contributed by atoms with Crippen LogP contribution in [-0.4, -0.2) is 15.3 Å². The number of carbonyl (C=O) groups excluding carboxylic acids is 1. The van der Waals surface area contributed by atoms with E-state index >= 15 is 0 Å². The summed E-state index contributed by atoms with van der Waals surface area (Å²) in [6, 6.07) is 17.3. The van der Waals surface area contributed by atoms with E-state index in [0.29, 0.717) is 24.5 Å². The maximum Gasteiger partial charge on any atom is 0.254 e. The molecule has 0 saturated carbocycles. The molecule has 26 heavy (non-hydrogen) atoms. The van der Waals surface area contributed by atoms with Gasteiger partial charge in [0, 0.05) is 18.1 Å². The highest BCUT2D eigenvalue weighted by atomic mass is 16.1. The lowest BCUT2D eigenvalue weighted by atomic mass is 9.98. The second kappa shape index (κ2) is 7.48. The summed E-state index contributed by atoms with van der Waals surface area (Å²) in [5, 5.41) is 0. The molecule has 2 aromatic carbocycles. The van der Waals surface area contributed by atoms with Gasteiger partial charge in [-0.2, -0.15) is 0 Å². The predicted molar refractivity (Wildman–Crippen MR) is 103 cm³/mol. The smallest absolute Gasteiger partial charge is 0.254 e. The third-order valence-corrected chi connectivity index (χ3v) is 4.36. The van der Waals surface area contributed by atoms with Crippen LogP contribution in [-0.2, 0) is 17.8 Å². The van der Waals surface area contributed by atoms with E-state index in [4.69, 9.17) is 0 Å². The Kier molecular flexibility index (Phi) is 5.12. The van der Waals surface area contributed by atoms with Crippen LogP contribution in [0.1, 0.15) is 29.4 Å². The molecular weight excluding hydrogens is 324 g/mol. The number of aryl methyl sites for hydroxylation is 2. The molecule has 3 aromatic rings. The fourth-order valence-corrected chi connectivity index (χ4v) is 3.10.